The maximum atomic E-state index is 11.7. The summed E-state index contributed by atoms with van der Waals surface area (Å²) in [5.41, 5.74) is 0. The van der Waals surface area contributed by atoms with Crippen molar-refractivity contribution in [2.45, 2.75) is 12.8 Å². The molecule has 1 rings (SSSR count). The fraction of sp³-hybridized carbons (Fsp3) is 0.909. The van der Waals surface area contributed by atoms with Gasteiger partial charge in [-0.2, -0.15) is 0 Å². The molecule has 16 heavy (non-hydrogen) atoms. The zero-order valence-corrected chi connectivity index (χ0v) is 10.0. The lowest BCUT2D eigenvalue weighted by Gasteiger charge is -2.26. The highest BCUT2D eigenvalue weighted by Gasteiger charge is 2.15. The second-order valence-corrected chi connectivity index (χ2v) is 3.87. The summed E-state index contributed by atoms with van der Waals surface area (Å²) < 4.78 is 10.1. The van der Waals surface area contributed by atoms with Gasteiger partial charge in [0.25, 0.3) is 0 Å². The van der Waals surface area contributed by atoms with Crippen molar-refractivity contribution in [3.8, 4) is 0 Å². The predicted octanol–water partition coefficient (Wildman–Crippen LogP) is -0.139. The number of unbranched alkanes of at least 4 members (excludes halogenated alkanes) is 1. The van der Waals surface area contributed by atoms with Crippen molar-refractivity contribution >= 4 is 5.91 Å². The Kier molecular flexibility index (Phi) is 7.12. The summed E-state index contributed by atoms with van der Waals surface area (Å²) in [6.07, 6.45) is 2.08. The Morgan fingerprint density at radius 3 is 2.81 bits per heavy atom. The molecule has 94 valence electrons. The minimum absolute atomic E-state index is 0.176. The van der Waals surface area contributed by atoms with E-state index < -0.39 is 0 Å². The lowest BCUT2D eigenvalue weighted by molar-refractivity contribution is -0.134. The van der Waals surface area contributed by atoms with Crippen LogP contribution in [0.4, 0.5) is 0 Å². The molecule has 0 radical (unpaired) electrons. The molecule has 0 aliphatic carbocycles. The van der Waals surface area contributed by atoms with E-state index in [2.05, 4.69) is 5.32 Å². The average molecular weight is 230 g/mol. The molecular formula is C11H22N2O3. The normalized spacial score (nSPS) is 16.4. The van der Waals surface area contributed by atoms with Gasteiger partial charge in [-0.15, -0.1) is 0 Å². The Bertz CT molecular complexity index is 194. The molecule has 5 nitrogen and oxygen atoms in total. The number of carbonyl (C=O) groups is 1. The van der Waals surface area contributed by atoms with E-state index >= 15 is 0 Å². The molecule has 1 N–H and O–H groups in total. The Balaban J connectivity index is 1.97. The Hall–Kier alpha value is -0.650. The number of methoxy groups -OCH3 is 1. The van der Waals surface area contributed by atoms with Crippen LogP contribution in [0.3, 0.4) is 0 Å². The van der Waals surface area contributed by atoms with Crippen molar-refractivity contribution in [3.05, 3.63) is 0 Å². The number of morpholine rings is 1. The van der Waals surface area contributed by atoms with E-state index in [1.54, 1.807) is 7.11 Å². The van der Waals surface area contributed by atoms with Crippen molar-refractivity contribution in [1.29, 1.82) is 0 Å². The van der Waals surface area contributed by atoms with Crippen LogP contribution in [0.25, 0.3) is 0 Å². The van der Waals surface area contributed by atoms with Gasteiger partial charge in [-0.3, -0.25) is 4.79 Å². The number of ether oxygens (including phenoxy) is 2. The first-order valence-corrected chi connectivity index (χ1v) is 5.90. The number of hydrogen-bond donors (Lipinski definition) is 1. The second-order valence-electron chi connectivity index (χ2n) is 3.87. The van der Waals surface area contributed by atoms with E-state index in [0.29, 0.717) is 19.8 Å². The molecule has 1 aliphatic rings. The summed E-state index contributed by atoms with van der Waals surface area (Å²) in [6, 6.07) is 0. The molecule has 1 saturated heterocycles. The third kappa shape index (κ3) is 5.44. The highest BCUT2D eigenvalue weighted by atomic mass is 16.5. The Labute approximate surface area is 97.1 Å². The molecular weight excluding hydrogens is 208 g/mol. The minimum Gasteiger partial charge on any atom is -0.385 e. The summed E-state index contributed by atoms with van der Waals surface area (Å²) in [5, 5.41) is 3.15. The maximum absolute atomic E-state index is 11.7. The average Bonchev–Trinajstić information content (AvgIpc) is 2.34. The molecule has 1 amide bonds. The van der Waals surface area contributed by atoms with Crippen molar-refractivity contribution in [1.82, 2.24) is 10.2 Å². The fourth-order valence-corrected chi connectivity index (χ4v) is 1.62. The van der Waals surface area contributed by atoms with Crippen molar-refractivity contribution in [2.75, 3.05) is 53.1 Å². The molecule has 0 aromatic heterocycles. The largest absolute Gasteiger partial charge is 0.385 e. The van der Waals surface area contributed by atoms with Crippen LogP contribution in [-0.4, -0.2) is 63.9 Å². The van der Waals surface area contributed by atoms with E-state index in [-0.39, 0.29) is 5.91 Å². The zero-order valence-electron chi connectivity index (χ0n) is 10.0. The van der Waals surface area contributed by atoms with Crippen LogP contribution in [0.15, 0.2) is 0 Å². The second kappa shape index (κ2) is 8.50. The number of amides is 1. The first kappa shape index (κ1) is 13.4. The van der Waals surface area contributed by atoms with E-state index in [4.69, 9.17) is 9.47 Å². The van der Waals surface area contributed by atoms with Gasteiger partial charge in [-0.05, 0) is 19.4 Å². The van der Waals surface area contributed by atoms with Gasteiger partial charge in [0.2, 0.25) is 5.91 Å². The van der Waals surface area contributed by atoms with Gasteiger partial charge >= 0.3 is 0 Å². The lowest BCUT2D eigenvalue weighted by atomic mass is 10.3. The highest BCUT2D eigenvalue weighted by molar-refractivity contribution is 5.78. The molecule has 0 aromatic rings. The van der Waals surface area contributed by atoms with Crippen LogP contribution in [0, 0.1) is 0 Å². The number of nitrogens with one attached hydrogen (secondary N) is 1. The van der Waals surface area contributed by atoms with Gasteiger partial charge in [0, 0.05) is 26.8 Å². The number of nitrogens with zero attached hydrogens (tertiary/aromatic N) is 1. The van der Waals surface area contributed by atoms with Gasteiger partial charge in [0.1, 0.15) is 0 Å². The molecule has 5 heteroatoms. The summed E-state index contributed by atoms with van der Waals surface area (Å²) in [4.78, 5) is 13.5. The van der Waals surface area contributed by atoms with Crippen LogP contribution in [0.1, 0.15) is 12.8 Å². The van der Waals surface area contributed by atoms with Crippen molar-refractivity contribution < 1.29 is 14.3 Å². The van der Waals surface area contributed by atoms with Crippen molar-refractivity contribution in [2.24, 2.45) is 0 Å². The molecule has 0 spiro atoms. The standard InChI is InChI=1S/C11H22N2O3/c1-15-7-3-2-4-12-10-11(14)13-5-8-16-9-6-13/h12H,2-10H2,1H3. The zero-order chi connectivity index (χ0) is 11.6. The number of rotatable bonds is 7. The number of carbonyl (C=O) groups excluding carboxylic acids is 1. The van der Waals surface area contributed by atoms with Crippen LogP contribution in [-0.2, 0) is 14.3 Å². The van der Waals surface area contributed by atoms with Gasteiger partial charge in [0.05, 0.1) is 19.8 Å². The first-order valence-electron chi connectivity index (χ1n) is 5.90. The molecule has 0 atom stereocenters. The molecule has 0 aromatic carbocycles. The maximum Gasteiger partial charge on any atom is 0.236 e. The predicted molar refractivity (Wildman–Crippen MR) is 61.4 cm³/mol. The monoisotopic (exact) mass is 230 g/mol. The third-order valence-electron chi connectivity index (χ3n) is 2.59. The summed E-state index contributed by atoms with van der Waals surface area (Å²) in [7, 11) is 1.70. The van der Waals surface area contributed by atoms with E-state index in [1.807, 2.05) is 4.90 Å². The molecule has 1 aliphatic heterocycles. The van der Waals surface area contributed by atoms with Gasteiger partial charge < -0.3 is 19.7 Å². The van der Waals surface area contributed by atoms with Crippen LogP contribution < -0.4 is 5.32 Å². The summed E-state index contributed by atoms with van der Waals surface area (Å²) in [5.74, 6) is 0.176. The molecule has 0 saturated carbocycles. The van der Waals surface area contributed by atoms with Gasteiger partial charge in [-0.25, -0.2) is 0 Å². The van der Waals surface area contributed by atoms with E-state index in [0.717, 1.165) is 39.1 Å². The highest BCUT2D eigenvalue weighted by Crippen LogP contribution is 1.96. The topological polar surface area (TPSA) is 50.8 Å². The third-order valence-corrected chi connectivity index (χ3v) is 2.59. The summed E-state index contributed by atoms with van der Waals surface area (Å²) >= 11 is 0. The molecule has 0 unspecified atom stereocenters. The van der Waals surface area contributed by atoms with E-state index in [9.17, 15) is 4.79 Å². The lowest BCUT2D eigenvalue weighted by Crippen LogP contribution is -2.44. The van der Waals surface area contributed by atoms with Crippen molar-refractivity contribution in [3.63, 3.8) is 0 Å². The SMILES string of the molecule is COCCCCNCC(=O)N1CCOCC1. The van der Waals surface area contributed by atoms with Crippen LogP contribution in [0.2, 0.25) is 0 Å². The first-order chi connectivity index (χ1) is 7.84. The van der Waals surface area contributed by atoms with Gasteiger partial charge in [0.15, 0.2) is 0 Å². The fourth-order valence-electron chi connectivity index (χ4n) is 1.62. The Morgan fingerprint density at radius 2 is 2.12 bits per heavy atom. The quantitative estimate of drug-likeness (QED) is 0.619. The molecule has 1 fully saturated rings. The summed E-state index contributed by atoms with van der Waals surface area (Å²) in [6.45, 7) is 4.89. The molecule has 1 heterocycles. The molecule has 0 bridgehead atoms. The van der Waals surface area contributed by atoms with E-state index in [1.165, 1.54) is 0 Å². The van der Waals surface area contributed by atoms with Gasteiger partial charge in [-0.1, -0.05) is 0 Å². The Morgan fingerprint density at radius 1 is 1.38 bits per heavy atom. The van der Waals surface area contributed by atoms with Crippen LogP contribution in [0.5, 0.6) is 0 Å². The minimum atomic E-state index is 0.176. The smallest absolute Gasteiger partial charge is 0.236 e. The van der Waals surface area contributed by atoms with Crippen LogP contribution >= 0.6 is 0 Å². The number of hydrogen-bond acceptors (Lipinski definition) is 4.